The summed E-state index contributed by atoms with van der Waals surface area (Å²) in [5, 5.41) is 3.83. The molecule has 1 atom stereocenters. The van der Waals surface area contributed by atoms with Crippen LogP contribution in [0, 0.1) is 0 Å². The largest absolute Gasteiger partial charge is 0.354 e. The first-order chi connectivity index (χ1) is 11.4. The van der Waals surface area contributed by atoms with Crippen LogP contribution in [0.4, 0.5) is 0 Å². The molecular weight excluding hydrogens is 347 g/mol. The van der Waals surface area contributed by atoms with E-state index in [9.17, 15) is 9.59 Å². The highest BCUT2D eigenvalue weighted by Crippen LogP contribution is 2.24. The molecular formula is C18H26Cl2N2O2. The van der Waals surface area contributed by atoms with Crippen molar-refractivity contribution in [2.75, 3.05) is 6.54 Å². The Bertz CT molecular complexity index is 564. The molecule has 0 radical (unpaired) electrons. The van der Waals surface area contributed by atoms with E-state index in [-0.39, 0.29) is 11.8 Å². The lowest BCUT2D eigenvalue weighted by Gasteiger charge is -2.30. The van der Waals surface area contributed by atoms with E-state index in [0.717, 1.165) is 18.4 Å². The van der Waals surface area contributed by atoms with E-state index in [1.165, 1.54) is 0 Å². The number of carbonyl (C=O) groups is 2. The van der Waals surface area contributed by atoms with Crippen LogP contribution in [0.3, 0.4) is 0 Å². The Balaban J connectivity index is 2.94. The van der Waals surface area contributed by atoms with E-state index >= 15 is 0 Å². The molecule has 0 aromatic heterocycles. The third-order valence-corrected chi connectivity index (χ3v) is 4.59. The molecule has 6 heteroatoms. The number of benzene rings is 1. The van der Waals surface area contributed by atoms with Gasteiger partial charge < -0.3 is 10.2 Å². The number of hydrogen-bond acceptors (Lipinski definition) is 2. The lowest BCUT2D eigenvalue weighted by Crippen LogP contribution is -2.49. The second-order valence-electron chi connectivity index (χ2n) is 5.69. The average molecular weight is 373 g/mol. The lowest BCUT2D eigenvalue weighted by atomic mass is 10.1. The zero-order valence-corrected chi connectivity index (χ0v) is 16.1. The minimum Gasteiger partial charge on any atom is -0.354 e. The Morgan fingerprint density at radius 2 is 1.88 bits per heavy atom. The number of nitrogens with one attached hydrogen (secondary N) is 1. The van der Waals surface area contributed by atoms with E-state index in [1.807, 2.05) is 13.0 Å². The summed E-state index contributed by atoms with van der Waals surface area (Å²) in [5.74, 6) is -0.161. The van der Waals surface area contributed by atoms with Crippen molar-refractivity contribution >= 4 is 35.0 Å². The molecule has 1 unspecified atom stereocenters. The van der Waals surface area contributed by atoms with Crippen LogP contribution >= 0.6 is 23.2 Å². The smallest absolute Gasteiger partial charge is 0.242 e. The van der Waals surface area contributed by atoms with Gasteiger partial charge in [0.05, 0.1) is 10.0 Å². The van der Waals surface area contributed by atoms with E-state index in [0.29, 0.717) is 36.0 Å². The number of nitrogens with zero attached hydrogens (tertiary/aromatic N) is 1. The van der Waals surface area contributed by atoms with Crippen LogP contribution in [-0.2, 0) is 16.1 Å². The van der Waals surface area contributed by atoms with Crippen LogP contribution in [0.1, 0.15) is 52.0 Å². The fraction of sp³-hybridized carbons (Fsp3) is 0.556. The summed E-state index contributed by atoms with van der Waals surface area (Å²) in [5.41, 5.74) is 0.853. The monoisotopic (exact) mass is 372 g/mol. The number of hydrogen-bond donors (Lipinski definition) is 1. The highest BCUT2D eigenvalue weighted by atomic mass is 35.5. The van der Waals surface area contributed by atoms with Gasteiger partial charge in [0.25, 0.3) is 0 Å². The second kappa shape index (κ2) is 10.6. The van der Waals surface area contributed by atoms with Crippen molar-refractivity contribution in [3.63, 3.8) is 0 Å². The zero-order chi connectivity index (χ0) is 18.1. The number of halogens is 2. The minimum atomic E-state index is -0.483. The summed E-state index contributed by atoms with van der Waals surface area (Å²) < 4.78 is 0. The number of amides is 2. The molecule has 1 aromatic carbocycles. The van der Waals surface area contributed by atoms with Crippen LogP contribution < -0.4 is 5.32 Å². The Labute approximate surface area is 154 Å². The molecule has 0 heterocycles. The second-order valence-corrected chi connectivity index (χ2v) is 6.51. The quantitative estimate of drug-likeness (QED) is 0.651. The molecule has 0 saturated heterocycles. The minimum absolute atomic E-state index is 0.0569. The molecule has 2 amide bonds. The summed E-state index contributed by atoms with van der Waals surface area (Å²) >= 11 is 12.0. The van der Waals surface area contributed by atoms with Crippen LogP contribution in [0.15, 0.2) is 18.2 Å². The number of carbonyl (C=O) groups excluding carboxylic acids is 2. The van der Waals surface area contributed by atoms with E-state index in [4.69, 9.17) is 23.2 Å². The summed E-state index contributed by atoms with van der Waals surface area (Å²) in [4.78, 5) is 26.5. The summed E-state index contributed by atoms with van der Waals surface area (Å²) in [6.45, 7) is 6.75. The van der Waals surface area contributed by atoms with Gasteiger partial charge in [-0.25, -0.2) is 0 Å². The Morgan fingerprint density at radius 1 is 1.17 bits per heavy atom. The first-order valence-electron chi connectivity index (χ1n) is 8.45. The zero-order valence-electron chi connectivity index (χ0n) is 14.6. The molecule has 0 aliphatic carbocycles. The maximum atomic E-state index is 12.5. The first kappa shape index (κ1) is 20.8. The van der Waals surface area contributed by atoms with Crippen molar-refractivity contribution in [2.45, 2.75) is 59.0 Å². The SMILES string of the molecule is CCCCNC(=O)C(CC)N(Cc1ccc(Cl)c(Cl)c1)C(=O)CC. The van der Waals surface area contributed by atoms with Crippen molar-refractivity contribution in [1.82, 2.24) is 10.2 Å². The molecule has 0 saturated carbocycles. The van der Waals surface area contributed by atoms with Gasteiger partial charge in [-0.15, -0.1) is 0 Å². The van der Waals surface area contributed by atoms with Crippen LogP contribution in [0.5, 0.6) is 0 Å². The molecule has 134 valence electrons. The first-order valence-corrected chi connectivity index (χ1v) is 9.21. The maximum Gasteiger partial charge on any atom is 0.242 e. The third kappa shape index (κ3) is 5.99. The van der Waals surface area contributed by atoms with Gasteiger partial charge in [0.1, 0.15) is 6.04 Å². The van der Waals surface area contributed by atoms with Gasteiger partial charge in [0, 0.05) is 19.5 Å². The van der Waals surface area contributed by atoms with Crippen LogP contribution in [-0.4, -0.2) is 29.3 Å². The van der Waals surface area contributed by atoms with Gasteiger partial charge in [0.2, 0.25) is 11.8 Å². The number of unbranched alkanes of at least 4 members (excludes halogenated alkanes) is 1. The third-order valence-electron chi connectivity index (χ3n) is 3.85. The average Bonchev–Trinajstić information content (AvgIpc) is 2.57. The fourth-order valence-electron chi connectivity index (χ4n) is 2.46. The summed E-state index contributed by atoms with van der Waals surface area (Å²) in [7, 11) is 0. The van der Waals surface area contributed by atoms with E-state index < -0.39 is 6.04 Å². The molecule has 0 fully saturated rings. The molecule has 1 rings (SSSR count). The van der Waals surface area contributed by atoms with E-state index in [1.54, 1.807) is 24.0 Å². The predicted octanol–water partition coefficient (Wildman–Crippen LogP) is 4.43. The van der Waals surface area contributed by atoms with Gasteiger partial charge in [0.15, 0.2) is 0 Å². The molecule has 1 N–H and O–H groups in total. The molecule has 0 aliphatic rings. The number of rotatable bonds is 9. The van der Waals surface area contributed by atoms with Crippen LogP contribution in [0.2, 0.25) is 10.0 Å². The Kier molecular flexibility index (Phi) is 9.16. The molecule has 24 heavy (non-hydrogen) atoms. The van der Waals surface area contributed by atoms with Crippen molar-refractivity contribution in [3.8, 4) is 0 Å². The topological polar surface area (TPSA) is 49.4 Å². The van der Waals surface area contributed by atoms with Crippen LogP contribution in [0.25, 0.3) is 0 Å². The lowest BCUT2D eigenvalue weighted by molar-refractivity contribution is -0.141. The van der Waals surface area contributed by atoms with Gasteiger partial charge in [-0.3, -0.25) is 9.59 Å². The fourth-order valence-corrected chi connectivity index (χ4v) is 2.78. The predicted molar refractivity (Wildman–Crippen MR) is 99.3 cm³/mol. The van der Waals surface area contributed by atoms with Gasteiger partial charge in [-0.1, -0.05) is 56.5 Å². The highest BCUT2D eigenvalue weighted by Gasteiger charge is 2.27. The van der Waals surface area contributed by atoms with Crippen molar-refractivity contribution in [1.29, 1.82) is 0 Å². The van der Waals surface area contributed by atoms with Gasteiger partial charge >= 0.3 is 0 Å². The normalized spacial score (nSPS) is 11.9. The maximum absolute atomic E-state index is 12.5. The molecule has 0 aliphatic heterocycles. The Hall–Kier alpha value is -1.26. The summed E-state index contributed by atoms with van der Waals surface area (Å²) in [6, 6.07) is 4.78. The van der Waals surface area contributed by atoms with Gasteiger partial charge in [-0.2, -0.15) is 0 Å². The Morgan fingerprint density at radius 3 is 2.42 bits per heavy atom. The van der Waals surface area contributed by atoms with E-state index in [2.05, 4.69) is 12.2 Å². The highest BCUT2D eigenvalue weighted by molar-refractivity contribution is 6.42. The molecule has 0 spiro atoms. The van der Waals surface area contributed by atoms with Crippen molar-refractivity contribution in [2.24, 2.45) is 0 Å². The molecule has 1 aromatic rings. The molecule has 0 bridgehead atoms. The van der Waals surface area contributed by atoms with Crippen molar-refractivity contribution < 1.29 is 9.59 Å². The standard InChI is InChI=1S/C18H26Cl2N2O2/c1-4-7-10-21-18(24)16(5-2)22(17(23)6-3)12-13-8-9-14(19)15(20)11-13/h8-9,11,16H,4-7,10,12H2,1-3H3,(H,21,24). The van der Waals surface area contributed by atoms with Crippen molar-refractivity contribution in [3.05, 3.63) is 33.8 Å². The summed E-state index contributed by atoms with van der Waals surface area (Å²) in [6.07, 6.45) is 2.85. The molecule has 4 nitrogen and oxygen atoms in total. The van der Waals surface area contributed by atoms with Gasteiger partial charge in [-0.05, 0) is 30.5 Å².